The third-order valence-electron chi connectivity index (χ3n) is 3.82. The van der Waals surface area contributed by atoms with Gasteiger partial charge in [-0.15, -0.1) is 0 Å². The maximum atomic E-state index is 5.58. The molecule has 2 rings (SSSR count). The van der Waals surface area contributed by atoms with Crippen LogP contribution in [0, 0.1) is 0 Å². The SMILES string of the molecule is COCCOCCN1CCCC1c1ccccc1OC. The van der Waals surface area contributed by atoms with Crippen LogP contribution in [-0.2, 0) is 9.47 Å². The number of likely N-dealkylation sites (tertiary alicyclic amines) is 1. The average Bonchev–Trinajstić information content (AvgIpc) is 2.95. The molecule has 4 heteroatoms. The monoisotopic (exact) mass is 279 g/mol. The van der Waals surface area contributed by atoms with Gasteiger partial charge in [0.25, 0.3) is 0 Å². The van der Waals surface area contributed by atoms with E-state index in [9.17, 15) is 0 Å². The summed E-state index contributed by atoms with van der Waals surface area (Å²) in [6.07, 6.45) is 2.43. The Morgan fingerprint density at radius 1 is 1.15 bits per heavy atom. The number of hydrogen-bond acceptors (Lipinski definition) is 4. The van der Waals surface area contributed by atoms with Crippen LogP contribution < -0.4 is 4.74 Å². The second kappa shape index (κ2) is 8.25. The smallest absolute Gasteiger partial charge is 0.123 e. The van der Waals surface area contributed by atoms with E-state index in [1.165, 1.54) is 18.4 Å². The highest BCUT2D eigenvalue weighted by Gasteiger charge is 2.27. The standard InChI is InChI=1S/C16H25NO3/c1-18-12-13-20-11-10-17-9-5-7-15(17)14-6-3-4-8-16(14)19-2/h3-4,6,8,15H,5,7,9-13H2,1-2H3. The molecular weight excluding hydrogens is 254 g/mol. The maximum absolute atomic E-state index is 5.58. The lowest BCUT2D eigenvalue weighted by Crippen LogP contribution is -2.28. The van der Waals surface area contributed by atoms with Crippen molar-refractivity contribution in [1.82, 2.24) is 4.90 Å². The molecule has 1 atom stereocenters. The van der Waals surface area contributed by atoms with Gasteiger partial charge in [-0.3, -0.25) is 4.90 Å². The Kier molecular flexibility index (Phi) is 6.30. The number of rotatable bonds is 8. The summed E-state index contributed by atoms with van der Waals surface area (Å²) in [5, 5.41) is 0. The Bertz CT molecular complexity index is 397. The molecule has 0 N–H and O–H groups in total. The van der Waals surface area contributed by atoms with Crippen LogP contribution in [0.1, 0.15) is 24.4 Å². The third kappa shape index (κ3) is 3.95. The summed E-state index contributed by atoms with van der Waals surface area (Å²) in [5.74, 6) is 0.990. The van der Waals surface area contributed by atoms with Gasteiger partial charge in [-0.1, -0.05) is 18.2 Å². The van der Waals surface area contributed by atoms with Crippen molar-refractivity contribution in [1.29, 1.82) is 0 Å². The molecule has 1 unspecified atom stereocenters. The first-order valence-corrected chi connectivity index (χ1v) is 7.30. The fraction of sp³-hybridized carbons (Fsp3) is 0.625. The van der Waals surface area contributed by atoms with Gasteiger partial charge in [-0.05, 0) is 25.5 Å². The Balaban J connectivity index is 1.90. The minimum Gasteiger partial charge on any atom is -0.496 e. The lowest BCUT2D eigenvalue weighted by molar-refractivity contribution is 0.0550. The molecule has 1 aliphatic heterocycles. The average molecular weight is 279 g/mol. The van der Waals surface area contributed by atoms with Crippen molar-refractivity contribution in [2.24, 2.45) is 0 Å². The van der Waals surface area contributed by atoms with E-state index in [1.807, 2.05) is 12.1 Å². The minimum atomic E-state index is 0.456. The fourth-order valence-corrected chi connectivity index (χ4v) is 2.81. The molecule has 0 amide bonds. The summed E-state index contributed by atoms with van der Waals surface area (Å²) in [6.45, 7) is 4.19. The first-order chi connectivity index (χ1) is 9.86. The second-order valence-corrected chi connectivity index (χ2v) is 5.04. The van der Waals surface area contributed by atoms with Gasteiger partial charge in [0.2, 0.25) is 0 Å². The molecule has 1 fully saturated rings. The third-order valence-corrected chi connectivity index (χ3v) is 3.82. The molecule has 1 heterocycles. The fourth-order valence-electron chi connectivity index (χ4n) is 2.81. The first-order valence-electron chi connectivity index (χ1n) is 7.30. The van der Waals surface area contributed by atoms with Crippen molar-refractivity contribution in [3.8, 4) is 5.75 Å². The minimum absolute atomic E-state index is 0.456. The van der Waals surface area contributed by atoms with Crippen molar-refractivity contribution in [3.05, 3.63) is 29.8 Å². The van der Waals surface area contributed by atoms with Crippen LogP contribution in [0.15, 0.2) is 24.3 Å². The zero-order valence-electron chi connectivity index (χ0n) is 12.5. The van der Waals surface area contributed by atoms with Gasteiger partial charge in [0.1, 0.15) is 5.75 Å². The van der Waals surface area contributed by atoms with Crippen molar-refractivity contribution < 1.29 is 14.2 Å². The van der Waals surface area contributed by atoms with Gasteiger partial charge >= 0.3 is 0 Å². The van der Waals surface area contributed by atoms with Gasteiger partial charge in [-0.2, -0.15) is 0 Å². The highest BCUT2D eigenvalue weighted by atomic mass is 16.5. The maximum Gasteiger partial charge on any atom is 0.123 e. The molecule has 0 bridgehead atoms. The molecule has 1 saturated heterocycles. The van der Waals surface area contributed by atoms with E-state index in [4.69, 9.17) is 14.2 Å². The van der Waals surface area contributed by atoms with Crippen molar-refractivity contribution in [3.63, 3.8) is 0 Å². The molecule has 0 aromatic heterocycles. The molecule has 0 aliphatic carbocycles. The number of methoxy groups -OCH3 is 2. The predicted molar refractivity (Wildman–Crippen MR) is 79.2 cm³/mol. The van der Waals surface area contributed by atoms with Gasteiger partial charge in [0.05, 0.1) is 26.9 Å². The van der Waals surface area contributed by atoms with E-state index < -0.39 is 0 Å². The second-order valence-electron chi connectivity index (χ2n) is 5.04. The van der Waals surface area contributed by atoms with Crippen molar-refractivity contribution >= 4 is 0 Å². The van der Waals surface area contributed by atoms with Gasteiger partial charge in [-0.25, -0.2) is 0 Å². The number of nitrogens with zero attached hydrogens (tertiary/aromatic N) is 1. The molecule has 4 nitrogen and oxygen atoms in total. The molecule has 20 heavy (non-hydrogen) atoms. The Labute approximate surface area is 121 Å². The van der Waals surface area contributed by atoms with E-state index in [0.29, 0.717) is 19.3 Å². The van der Waals surface area contributed by atoms with E-state index in [-0.39, 0.29) is 0 Å². The Hall–Kier alpha value is -1.10. The molecule has 1 aliphatic rings. The van der Waals surface area contributed by atoms with Gasteiger partial charge in [0.15, 0.2) is 0 Å². The highest BCUT2D eigenvalue weighted by Crippen LogP contribution is 2.36. The normalized spacial score (nSPS) is 19.4. The zero-order chi connectivity index (χ0) is 14.2. The summed E-state index contributed by atoms with van der Waals surface area (Å²) >= 11 is 0. The molecule has 0 spiro atoms. The first kappa shape index (κ1) is 15.3. The van der Waals surface area contributed by atoms with Crippen molar-refractivity contribution in [2.45, 2.75) is 18.9 Å². The summed E-state index contributed by atoms with van der Waals surface area (Å²) in [5.41, 5.74) is 1.30. The van der Waals surface area contributed by atoms with Crippen LogP contribution in [0.5, 0.6) is 5.75 Å². The molecular formula is C16H25NO3. The highest BCUT2D eigenvalue weighted by molar-refractivity contribution is 5.36. The topological polar surface area (TPSA) is 30.9 Å². The van der Waals surface area contributed by atoms with E-state index in [1.54, 1.807) is 14.2 Å². The number of para-hydroxylation sites is 1. The largest absolute Gasteiger partial charge is 0.496 e. The molecule has 1 aromatic rings. The summed E-state index contributed by atoms with van der Waals surface area (Å²) in [4.78, 5) is 2.49. The Morgan fingerprint density at radius 2 is 2.00 bits per heavy atom. The van der Waals surface area contributed by atoms with Crippen LogP contribution >= 0.6 is 0 Å². The van der Waals surface area contributed by atoms with Crippen LogP contribution in [0.2, 0.25) is 0 Å². The number of benzene rings is 1. The summed E-state index contributed by atoms with van der Waals surface area (Å²) < 4.78 is 16.0. The Morgan fingerprint density at radius 3 is 2.80 bits per heavy atom. The lowest BCUT2D eigenvalue weighted by atomic mass is 10.0. The number of hydrogen-bond donors (Lipinski definition) is 0. The van der Waals surface area contributed by atoms with Crippen LogP contribution in [0.25, 0.3) is 0 Å². The molecule has 0 radical (unpaired) electrons. The molecule has 1 aromatic carbocycles. The predicted octanol–water partition coefficient (Wildman–Crippen LogP) is 2.50. The lowest BCUT2D eigenvalue weighted by Gasteiger charge is -2.26. The van der Waals surface area contributed by atoms with Gasteiger partial charge < -0.3 is 14.2 Å². The van der Waals surface area contributed by atoms with Crippen LogP contribution in [0.4, 0.5) is 0 Å². The van der Waals surface area contributed by atoms with Crippen molar-refractivity contribution in [2.75, 3.05) is 47.1 Å². The summed E-state index contributed by atoms with van der Waals surface area (Å²) in [6, 6.07) is 8.78. The number of ether oxygens (including phenoxy) is 3. The van der Waals surface area contributed by atoms with E-state index in [0.717, 1.165) is 25.4 Å². The van der Waals surface area contributed by atoms with E-state index in [2.05, 4.69) is 17.0 Å². The quantitative estimate of drug-likeness (QED) is 0.684. The van der Waals surface area contributed by atoms with Crippen LogP contribution in [-0.4, -0.2) is 52.0 Å². The van der Waals surface area contributed by atoms with E-state index >= 15 is 0 Å². The van der Waals surface area contributed by atoms with Gasteiger partial charge in [0, 0.05) is 25.3 Å². The van der Waals surface area contributed by atoms with Crippen LogP contribution in [0.3, 0.4) is 0 Å². The zero-order valence-corrected chi connectivity index (χ0v) is 12.5. The molecule has 112 valence electrons. The summed E-state index contributed by atoms with van der Waals surface area (Å²) in [7, 11) is 3.44. The molecule has 0 saturated carbocycles.